The molecule has 0 heterocycles. The van der Waals surface area contributed by atoms with E-state index in [1.807, 2.05) is 0 Å². The Hall–Kier alpha value is -3.15. The number of alkyl halides is 3. The van der Waals surface area contributed by atoms with Gasteiger partial charge in [-0.1, -0.05) is 18.2 Å². The SMILES string of the molecule is CC(C(=O)Nc1ccccc1C(F)(F)F)N(c1cccc([N+](=O)[O-])c1)S(C)(=O)=O. The molecule has 29 heavy (non-hydrogen) atoms. The molecule has 0 aliphatic heterocycles. The fraction of sp³-hybridized carbons (Fsp3) is 0.235. The number of para-hydroxylation sites is 1. The Morgan fingerprint density at radius 1 is 1.17 bits per heavy atom. The molecular formula is C17H16F3N3O5S. The fourth-order valence-electron chi connectivity index (χ4n) is 2.63. The van der Waals surface area contributed by atoms with Gasteiger partial charge < -0.3 is 5.32 Å². The van der Waals surface area contributed by atoms with Crippen LogP contribution in [0.15, 0.2) is 48.5 Å². The summed E-state index contributed by atoms with van der Waals surface area (Å²) < 4.78 is 64.4. The number of rotatable bonds is 6. The molecule has 0 fully saturated rings. The van der Waals surface area contributed by atoms with Gasteiger partial charge in [0.1, 0.15) is 6.04 Å². The number of sulfonamides is 1. The maximum Gasteiger partial charge on any atom is 0.418 e. The molecule has 156 valence electrons. The lowest BCUT2D eigenvalue weighted by Crippen LogP contribution is -2.45. The van der Waals surface area contributed by atoms with Crippen molar-refractivity contribution >= 4 is 33.0 Å². The van der Waals surface area contributed by atoms with E-state index >= 15 is 0 Å². The number of non-ortho nitro benzene ring substituents is 1. The Morgan fingerprint density at radius 2 is 1.79 bits per heavy atom. The normalized spacial score (nSPS) is 12.9. The zero-order valence-electron chi connectivity index (χ0n) is 15.2. The van der Waals surface area contributed by atoms with Crippen LogP contribution in [0.25, 0.3) is 0 Å². The number of anilines is 2. The Bertz CT molecular complexity index is 1040. The van der Waals surface area contributed by atoms with Crippen LogP contribution in [0.3, 0.4) is 0 Å². The van der Waals surface area contributed by atoms with Crippen molar-refractivity contribution in [1.82, 2.24) is 0 Å². The smallest absolute Gasteiger partial charge is 0.324 e. The van der Waals surface area contributed by atoms with Crippen molar-refractivity contribution in [2.75, 3.05) is 15.9 Å². The molecule has 12 heteroatoms. The summed E-state index contributed by atoms with van der Waals surface area (Å²) in [6, 6.07) is 7.30. The second-order valence-corrected chi connectivity index (χ2v) is 7.90. The topological polar surface area (TPSA) is 110 Å². The summed E-state index contributed by atoms with van der Waals surface area (Å²) in [7, 11) is -4.11. The number of amides is 1. The quantitative estimate of drug-likeness (QED) is 0.557. The van der Waals surface area contributed by atoms with E-state index in [2.05, 4.69) is 5.32 Å². The Labute approximate surface area is 164 Å². The average Bonchev–Trinajstić information content (AvgIpc) is 2.60. The molecule has 1 atom stereocenters. The summed E-state index contributed by atoms with van der Waals surface area (Å²) in [6.07, 6.45) is -3.96. The molecule has 0 aromatic heterocycles. The first-order valence-electron chi connectivity index (χ1n) is 8.03. The second-order valence-electron chi connectivity index (χ2n) is 6.04. The second kappa shape index (κ2) is 8.07. The number of nitrogens with zero attached hydrogens (tertiary/aromatic N) is 2. The summed E-state index contributed by atoms with van der Waals surface area (Å²) in [6.45, 7) is 1.16. The number of carbonyl (C=O) groups is 1. The van der Waals surface area contributed by atoms with Gasteiger partial charge in [0.25, 0.3) is 5.69 Å². The summed E-state index contributed by atoms with van der Waals surface area (Å²) >= 11 is 0. The van der Waals surface area contributed by atoms with Crippen LogP contribution >= 0.6 is 0 Å². The van der Waals surface area contributed by atoms with Gasteiger partial charge >= 0.3 is 6.18 Å². The number of nitro groups is 1. The minimum absolute atomic E-state index is 0.173. The van der Waals surface area contributed by atoms with Crippen LogP contribution in [-0.2, 0) is 21.0 Å². The lowest BCUT2D eigenvalue weighted by molar-refractivity contribution is -0.384. The van der Waals surface area contributed by atoms with Crippen molar-refractivity contribution in [3.63, 3.8) is 0 Å². The molecule has 0 bridgehead atoms. The molecule has 0 spiro atoms. The largest absolute Gasteiger partial charge is 0.418 e. The third-order valence-corrected chi connectivity index (χ3v) is 5.12. The molecule has 0 aliphatic carbocycles. The first-order valence-corrected chi connectivity index (χ1v) is 9.88. The zero-order chi connectivity index (χ0) is 22.0. The average molecular weight is 431 g/mol. The van der Waals surface area contributed by atoms with Gasteiger partial charge in [-0.3, -0.25) is 19.2 Å². The van der Waals surface area contributed by atoms with E-state index in [4.69, 9.17) is 0 Å². The van der Waals surface area contributed by atoms with Crippen LogP contribution < -0.4 is 9.62 Å². The predicted octanol–water partition coefficient (Wildman–Crippen LogP) is 3.41. The van der Waals surface area contributed by atoms with Crippen LogP contribution in [-0.4, -0.2) is 31.5 Å². The van der Waals surface area contributed by atoms with Crippen molar-refractivity contribution in [3.8, 4) is 0 Å². The molecule has 2 aromatic carbocycles. The number of hydrogen-bond donors (Lipinski definition) is 1. The summed E-state index contributed by atoms with van der Waals surface area (Å²) in [5.41, 5.74) is -2.22. The Morgan fingerprint density at radius 3 is 2.34 bits per heavy atom. The molecular weight excluding hydrogens is 415 g/mol. The van der Waals surface area contributed by atoms with E-state index < -0.39 is 50.0 Å². The molecule has 0 aliphatic rings. The molecule has 2 rings (SSSR count). The maximum absolute atomic E-state index is 13.1. The molecule has 0 saturated carbocycles. The van der Waals surface area contributed by atoms with E-state index in [0.717, 1.165) is 43.5 Å². The molecule has 0 saturated heterocycles. The number of nitrogens with one attached hydrogen (secondary N) is 1. The highest BCUT2D eigenvalue weighted by Gasteiger charge is 2.35. The van der Waals surface area contributed by atoms with E-state index in [-0.39, 0.29) is 5.69 Å². The highest BCUT2D eigenvalue weighted by atomic mass is 32.2. The highest BCUT2D eigenvalue weighted by Crippen LogP contribution is 2.35. The number of hydrogen-bond acceptors (Lipinski definition) is 5. The number of benzene rings is 2. The summed E-state index contributed by atoms with van der Waals surface area (Å²) in [4.78, 5) is 22.8. The summed E-state index contributed by atoms with van der Waals surface area (Å²) in [5, 5.41) is 13.0. The van der Waals surface area contributed by atoms with E-state index in [9.17, 15) is 36.5 Å². The molecule has 1 amide bonds. The van der Waals surface area contributed by atoms with E-state index in [0.29, 0.717) is 4.31 Å². The van der Waals surface area contributed by atoms with Gasteiger partial charge in [-0.05, 0) is 25.1 Å². The lowest BCUT2D eigenvalue weighted by Gasteiger charge is -2.28. The van der Waals surface area contributed by atoms with Crippen LogP contribution in [0.5, 0.6) is 0 Å². The third kappa shape index (κ3) is 5.22. The van der Waals surface area contributed by atoms with Crippen molar-refractivity contribution in [3.05, 3.63) is 64.2 Å². The zero-order valence-corrected chi connectivity index (χ0v) is 16.0. The third-order valence-electron chi connectivity index (χ3n) is 3.87. The van der Waals surface area contributed by atoms with Crippen molar-refractivity contribution in [2.24, 2.45) is 0 Å². The van der Waals surface area contributed by atoms with Crippen LogP contribution in [0.1, 0.15) is 12.5 Å². The summed E-state index contributed by atoms with van der Waals surface area (Å²) in [5.74, 6) is -1.04. The van der Waals surface area contributed by atoms with E-state index in [1.165, 1.54) is 18.2 Å². The van der Waals surface area contributed by atoms with E-state index in [1.54, 1.807) is 0 Å². The van der Waals surface area contributed by atoms with Crippen molar-refractivity contribution in [1.29, 1.82) is 0 Å². The molecule has 1 unspecified atom stereocenters. The minimum atomic E-state index is -4.73. The van der Waals surface area contributed by atoms with Gasteiger partial charge in [0.15, 0.2) is 0 Å². The molecule has 8 nitrogen and oxygen atoms in total. The van der Waals surface area contributed by atoms with Crippen molar-refractivity contribution in [2.45, 2.75) is 19.1 Å². The van der Waals surface area contributed by atoms with Crippen molar-refractivity contribution < 1.29 is 31.3 Å². The fourth-order valence-corrected chi connectivity index (χ4v) is 3.80. The first-order chi connectivity index (χ1) is 13.3. The lowest BCUT2D eigenvalue weighted by atomic mass is 10.1. The number of nitro benzene ring substituents is 1. The first kappa shape index (κ1) is 22.1. The Balaban J connectivity index is 2.41. The molecule has 1 N–H and O–H groups in total. The van der Waals surface area contributed by atoms with Gasteiger partial charge in [0.2, 0.25) is 15.9 Å². The van der Waals surface area contributed by atoms with Gasteiger partial charge in [-0.2, -0.15) is 13.2 Å². The van der Waals surface area contributed by atoms with Crippen LogP contribution in [0.4, 0.5) is 30.2 Å². The predicted molar refractivity (Wildman–Crippen MR) is 100.0 cm³/mol. The Kier molecular flexibility index (Phi) is 6.16. The highest BCUT2D eigenvalue weighted by molar-refractivity contribution is 7.92. The minimum Gasteiger partial charge on any atom is -0.324 e. The molecule has 2 aromatic rings. The maximum atomic E-state index is 13.1. The van der Waals surface area contributed by atoms with Gasteiger partial charge in [-0.15, -0.1) is 0 Å². The number of carbonyl (C=O) groups excluding carboxylic acids is 1. The van der Waals surface area contributed by atoms with Gasteiger partial charge in [0, 0.05) is 12.1 Å². The number of halogens is 3. The van der Waals surface area contributed by atoms with Crippen LogP contribution in [0.2, 0.25) is 0 Å². The standard InChI is InChI=1S/C17H16F3N3O5S/c1-11(16(24)21-15-9-4-3-8-14(15)17(18,19)20)22(29(2,27)28)12-6-5-7-13(10-12)23(25)26/h3-11H,1-2H3,(H,21,24). The van der Waals surface area contributed by atoms with Crippen LogP contribution in [0, 0.1) is 10.1 Å². The van der Waals surface area contributed by atoms with Gasteiger partial charge in [0.05, 0.1) is 28.1 Å². The monoisotopic (exact) mass is 431 g/mol. The molecule has 0 radical (unpaired) electrons. The van der Waals surface area contributed by atoms with Gasteiger partial charge in [-0.25, -0.2) is 8.42 Å².